The van der Waals surface area contributed by atoms with Crippen molar-refractivity contribution in [3.8, 4) is 11.5 Å². The Morgan fingerprint density at radius 3 is 2.58 bits per heavy atom. The number of phenolic OH excluding ortho intramolecular Hbond substituents is 1. The van der Waals surface area contributed by atoms with Gasteiger partial charge in [0.05, 0.1) is 10.7 Å². The highest BCUT2D eigenvalue weighted by molar-refractivity contribution is 6.32. The van der Waals surface area contributed by atoms with Crippen LogP contribution in [0.15, 0.2) is 36.4 Å². The largest absolute Gasteiger partial charge is 0.506 e. The summed E-state index contributed by atoms with van der Waals surface area (Å²) in [7, 11) is 0. The fourth-order valence-corrected chi connectivity index (χ4v) is 3.98. The first-order valence-corrected chi connectivity index (χ1v) is 11.9. The molecule has 3 rings (SSSR count). The third kappa shape index (κ3) is 8.05. The van der Waals surface area contributed by atoms with Crippen LogP contribution in [-0.4, -0.2) is 59.4 Å². The lowest BCUT2D eigenvalue weighted by molar-refractivity contribution is -0.115. The van der Waals surface area contributed by atoms with E-state index in [1.807, 2.05) is 12.1 Å². The summed E-state index contributed by atoms with van der Waals surface area (Å²) in [6.45, 7) is 5.01. The van der Waals surface area contributed by atoms with Crippen molar-refractivity contribution in [3.63, 3.8) is 0 Å². The summed E-state index contributed by atoms with van der Waals surface area (Å²) >= 11 is 11.9. The number of piperidine rings is 1. The molecular formula is C24H31Cl2N3O4. The zero-order valence-electron chi connectivity index (χ0n) is 18.7. The lowest BCUT2D eigenvalue weighted by Crippen LogP contribution is -2.45. The zero-order chi connectivity index (χ0) is 23.8. The van der Waals surface area contributed by atoms with Crippen LogP contribution in [0.4, 0.5) is 5.69 Å². The molecule has 2 aromatic rings. The molecule has 0 aromatic heterocycles. The second-order valence-corrected chi connectivity index (χ2v) is 9.10. The van der Waals surface area contributed by atoms with Gasteiger partial charge in [-0.1, -0.05) is 42.3 Å². The fourth-order valence-electron chi connectivity index (χ4n) is 3.69. The van der Waals surface area contributed by atoms with E-state index < -0.39 is 6.10 Å². The minimum Gasteiger partial charge on any atom is -0.506 e. The Bertz CT molecular complexity index is 919. The molecule has 0 bridgehead atoms. The van der Waals surface area contributed by atoms with Gasteiger partial charge >= 0.3 is 0 Å². The van der Waals surface area contributed by atoms with Crippen LogP contribution in [-0.2, 0) is 11.3 Å². The minimum atomic E-state index is -0.746. The highest BCUT2D eigenvalue weighted by atomic mass is 35.5. The molecule has 180 valence electrons. The van der Waals surface area contributed by atoms with Gasteiger partial charge in [0.2, 0.25) is 5.91 Å². The fraction of sp³-hybridized carbons (Fsp3) is 0.458. The number of aliphatic hydroxyl groups is 1. The normalized spacial score (nSPS) is 15.9. The quantitative estimate of drug-likeness (QED) is 0.371. The third-order valence-electron chi connectivity index (χ3n) is 5.62. The molecular weight excluding hydrogens is 465 g/mol. The highest BCUT2D eigenvalue weighted by Gasteiger charge is 2.20. The first kappa shape index (κ1) is 25.6. The predicted molar refractivity (Wildman–Crippen MR) is 131 cm³/mol. The third-order valence-corrected chi connectivity index (χ3v) is 6.18. The number of nitrogens with one attached hydrogen (secondary N) is 2. The summed E-state index contributed by atoms with van der Waals surface area (Å²) in [5.41, 5.74) is 1.61. The Labute approximate surface area is 204 Å². The molecule has 0 aliphatic carbocycles. The maximum atomic E-state index is 11.7. The number of hydrogen-bond acceptors (Lipinski definition) is 6. The van der Waals surface area contributed by atoms with Gasteiger partial charge in [-0.05, 0) is 49.7 Å². The van der Waals surface area contributed by atoms with Gasteiger partial charge in [0.1, 0.15) is 24.2 Å². The van der Waals surface area contributed by atoms with Crippen molar-refractivity contribution in [2.45, 2.75) is 44.9 Å². The topological polar surface area (TPSA) is 94.1 Å². The summed E-state index contributed by atoms with van der Waals surface area (Å²) in [6, 6.07) is 11.1. The van der Waals surface area contributed by atoms with E-state index in [-0.39, 0.29) is 29.0 Å². The van der Waals surface area contributed by atoms with Crippen LogP contribution < -0.4 is 15.4 Å². The molecule has 33 heavy (non-hydrogen) atoms. The van der Waals surface area contributed by atoms with Crippen molar-refractivity contribution >= 4 is 34.8 Å². The predicted octanol–water partition coefficient (Wildman–Crippen LogP) is 4.04. The van der Waals surface area contributed by atoms with E-state index >= 15 is 0 Å². The molecule has 1 heterocycles. The van der Waals surface area contributed by atoms with Gasteiger partial charge in [-0.2, -0.15) is 0 Å². The number of phenols is 1. The standard InChI is InChI=1S/C24H31Cl2N3O4/c1-2-24(32)28-21-11-20(26)22(31)12-23(21)33-15-19(30)13-27-18-7-9-29(10-8-18)14-16-3-5-17(25)6-4-16/h3-6,11-12,18-19,27,30-31H,2,7-10,13-15H2,1H3,(H,28,32)/t19-/m0/s1. The average Bonchev–Trinajstić information content (AvgIpc) is 2.81. The Morgan fingerprint density at radius 2 is 1.91 bits per heavy atom. The number of nitrogens with zero attached hydrogens (tertiary/aromatic N) is 1. The molecule has 1 amide bonds. The number of benzene rings is 2. The monoisotopic (exact) mass is 495 g/mol. The van der Waals surface area contributed by atoms with Gasteiger partial charge < -0.3 is 25.6 Å². The van der Waals surface area contributed by atoms with E-state index in [1.54, 1.807) is 6.92 Å². The van der Waals surface area contributed by atoms with Crippen LogP contribution in [0.3, 0.4) is 0 Å². The van der Waals surface area contributed by atoms with Crippen LogP contribution in [0.25, 0.3) is 0 Å². The molecule has 0 saturated carbocycles. The van der Waals surface area contributed by atoms with E-state index in [0.29, 0.717) is 24.7 Å². The van der Waals surface area contributed by atoms with E-state index in [2.05, 4.69) is 27.7 Å². The maximum absolute atomic E-state index is 11.7. The number of aromatic hydroxyl groups is 1. The van der Waals surface area contributed by atoms with Crippen LogP contribution in [0.5, 0.6) is 11.5 Å². The second-order valence-electron chi connectivity index (χ2n) is 8.25. The number of ether oxygens (including phenoxy) is 1. The molecule has 1 aliphatic rings. The van der Waals surface area contributed by atoms with Gasteiger partial charge in [0, 0.05) is 36.6 Å². The molecule has 0 spiro atoms. The van der Waals surface area contributed by atoms with Crippen molar-refractivity contribution in [2.75, 3.05) is 31.6 Å². The number of hydrogen-bond donors (Lipinski definition) is 4. The molecule has 7 nitrogen and oxygen atoms in total. The Kier molecular flexibility index (Phi) is 9.64. The maximum Gasteiger partial charge on any atom is 0.224 e. The van der Waals surface area contributed by atoms with Gasteiger partial charge in [-0.3, -0.25) is 9.69 Å². The molecule has 0 radical (unpaired) electrons. The van der Waals surface area contributed by atoms with Crippen molar-refractivity contribution in [1.29, 1.82) is 0 Å². The average molecular weight is 496 g/mol. The van der Waals surface area contributed by atoms with Gasteiger partial charge in [-0.15, -0.1) is 0 Å². The first-order valence-electron chi connectivity index (χ1n) is 11.2. The lowest BCUT2D eigenvalue weighted by atomic mass is 10.0. The Morgan fingerprint density at radius 1 is 1.21 bits per heavy atom. The van der Waals surface area contributed by atoms with E-state index in [0.717, 1.165) is 37.5 Å². The molecule has 0 unspecified atom stereocenters. The summed E-state index contributed by atoms with van der Waals surface area (Å²) < 4.78 is 5.67. The number of aliphatic hydroxyl groups excluding tert-OH is 1. The number of carbonyl (C=O) groups excluding carboxylic acids is 1. The molecule has 1 atom stereocenters. The van der Waals surface area contributed by atoms with Crippen LogP contribution >= 0.6 is 23.2 Å². The molecule has 4 N–H and O–H groups in total. The number of rotatable bonds is 10. The van der Waals surface area contributed by atoms with Crippen molar-refractivity contribution in [2.24, 2.45) is 0 Å². The van der Waals surface area contributed by atoms with Crippen LogP contribution in [0.2, 0.25) is 10.0 Å². The van der Waals surface area contributed by atoms with E-state index in [9.17, 15) is 15.0 Å². The highest BCUT2D eigenvalue weighted by Crippen LogP contribution is 2.35. The van der Waals surface area contributed by atoms with Gasteiger partial charge in [0.15, 0.2) is 0 Å². The second kappa shape index (κ2) is 12.4. The smallest absolute Gasteiger partial charge is 0.224 e. The molecule has 1 aliphatic heterocycles. The van der Waals surface area contributed by atoms with Crippen molar-refractivity contribution < 1.29 is 19.7 Å². The number of carbonyl (C=O) groups is 1. The summed E-state index contributed by atoms with van der Waals surface area (Å²) in [6.07, 6.45) is 1.55. The molecule has 2 aromatic carbocycles. The van der Waals surface area contributed by atoms with Gasteiger partial charge in [-0.25, -0.2) is 0 Å². The number of likely N-dealkylation sites (tertiary alicyclic amines) is 1. The van der Waals surface area contributed by atoms with Crippen molar-refractivity contribution in [3.05, 3.63) is 52.0 Å². The lowest BCUT2D eigenvalue weighted by Gasteiger charge is -2.33. The zero-order valence-corrected chi connectivity index (χ0v) is 20.2. The number of anilines is 1. The summed E-state index contributed by atoms with van der Waals surface area (Å²) in [5, 5.41) is 27.2. The minimum absolute atomic E-state index is 0.0124. The number of amides is 1. The summed E-state index contributed by atoms with van der Waals surface area (Å²) in [4.78, 5) is 14.2. The van der Waals surface area contributed by atoms with Crippen LogP contribution in [0, 0.1) is 0 Å². The van der Waals surface area contributed by atoms with Crippen LogP contribution in [0.1, 0.15) is 31.7 Å². The Hall–Kier alpha value is -2.03. The summed E-state index contributed by atoms with van der Waals surface area (Å²) in [5.74, 6) is -0.0985. The van der Waals surface area contributed by atoms with Crippen molar-refractivity contribution in [1.82, 2.24) is 10.2 Å². The SMILES string of the molecule is CCC(=O)Nc1cc(Cl)c(O)cc1OC[C@@H](O)CNC1CCN(Cc2ccc(Cl)cc2)CC1. The molecule has 9 heteroatoms. The molecule has 1 fully saturated rings. The molecule has 1 saturated heterocycles. The number of halogens is 2. The van der Waals surface area contributed by atoms with Gasteiger partial charge in [0.25, 0.3) is 0 Å². The first-order chi connectivity index (χ1) is 15.8. The van der Waals surface area contributed by atoms with E-state index in [1.165, 1.54) is 17.7 Å². The Balaban J connectivity index is 1.41. The van der Waals surface area contributed by atoms with E-state index in [4.69, 9.17) is 27.9 Å².